The zero-order valence-electron chi connectivity index (χ0n) is 8.29. The number of alkyl halides is 1. The van der Waals surface area contributed by atoms with Gasteiger partial charge in [-0.15, -0.1) is 11.6 Å². The van der Waals surface area contributed by atoms with Crippen LogP contribution < -0.4 is 0 Å². The van der Waals surface area contributed by atoms with Gasteiger partial charge < -0.3 is 4.98 Å². The molecule has 0 saturated heterocycles. The van der Waals surface area contributed by atoms with Crippen LogP contribution in [0.5, 0.6) is 0 Å². The summed E-state index contributed by atoms with van der Waals surface area (Å²) in [6.07, 6.45) is 1.24. The molecule has 15 heavy (non-hydrogen) atoms. The van der Waals surface area contributed by atoms with Gasteiger partial charge in [-0.25, -0.2) is 0 Å². The first-order valence-corrected chi connectivity index (χ1v) is 5.51. The van der Waals surface area contributed by atoms with Crippen molar-refractivity contribution < 1.29 is 4.79 Å². The van der Waals surface area contributed by atoms with Crippen molar-refractivity contribution in [2.45, 2.75) is 12.8 Å². The molecule has 0 bridgehead atoms. The van der Waals surface area contributed by atoms with Crippen LogP contribution in [0.15, 0.2) is 30.3 Å². The summed E-state index contributed by atoms with van der Waals surface area (Å²) in [6.45, 7) is 0. The number of carbonyl (C=O) groups excluding carboxylic acids is 1. The van der Waals surface area contributed by atoms with Gasteiger partial charge in [0.2, 0.25) is 0 Å². The summed E-state index contributed by atoms with van der Waals surface area (Å²) in [5.74, 6) is 0.665. The van der Waals surface area contributed by atoms with Crippen LogP contribution in [0.25, 0.3) is 10.9 Å². The second-order valence-corrected chi connectivity index (χ2v) is 3.86. The highest BCUT2D eigenvalue weighted by Crippen LogP contribution is 2.16. The van der Waals surface area contributed by atoms with Crippen LogP contribution in [-0.2, 0) is 0 Å². The number of hydrogen-bond acceptors (Lipinski definition) is 1. The second-order valence-electron chi connectivity index (χ2n) is 3.49. The van der Waals surface area contributed by atoms with Gasteiger partial charge in [0.05, 0.1) is 5.69 Å². The first-order valence-electron chi connectivity index (χ1n) is 4.98. The minimum absolute atomic E-state index is 0.131. The minimum atomic E-state index is 0.131. The average molecular weight is 222 g/mol. The summed E-state index contributed by atoms with van der Waals surface area (Å²) in [5, 5.41) is 1.08. The van der Waals surface area contributed by atoms with Gasteiger partial charge in [0.1, 0.15) is 0 Å². The smallest absolute Gasteiger partial charge is 0.179 e. The fourth-order valence-corrected chi connectivity index (χ4v) is 1.72. The number of nitrogens with one attached hydrogen (secondary N) is 1. The Bertz CT molecular complexity index is 442. The SMILES string of the molecule is O=C(CCCCl)c1cc2ccccc2[nH]1. The molecule has 1 aromatic carbocycles. The molecule has 0 fully saturated rings. The highest BCUT2D eigenvalue weighted by atomic mass is 35.5. The van der Waals surface area contributed by atoms with E-state index in [1.165, 1.54) is 0 Å². The Labute approximate surface area is 93.2 Å². The minimum Gasteiger partial charge on any atom is -0.352 e. The van der Waals surface area contributed by atoms with Gasteiger partial charge in [-0.05, 0) is 18.6 Å². The standard InChI is InChI=1S/C12H12ClNO/c13-7-3-6-12(15)11-8-9-4-1-2-5-10(9)14-11/h1-2,4-5,8,14H,3,6-7H2. The number of ketones is 1. The third-order valence-corrected chi connectivity index (χ3v) is 2.64. The Kier molecular flexibility index (Phi) is 3.07. The lowest BCUT2D eigenvalue weighted by Gasteiger charge is -1.94. The molecule has 0 aliphatic heterocycles. The maximum atomic E-state index is 11.7. The summed E-state index contributed by atoms with van der Waals surface area (Å²) >= 11 is 5.55. The number of benzene rings is 1. The number of halogens is 1. The van der Waals surface area contributed by atoms with Gasteiger partial charge in [-0.3, -0.25) is 4.79 Å². The zero-order valence-corrected chi connectivity index (χ0v) is 9.05. The molecule has 2 nitrogen and oxygen atoms in total. The monoisotopic (exact) mass is 221 g/mol. The van der Waals surface area contributed by atoms with Crippen LogP contribution >= 0.6 is 11.6 Å². The Morgan fingerprint density at radius 1 is 1.33 bits per heavy atom. The zero-order chi connectivity index (χ0) is 10.7. The number of fused-ring (bicyclic) bond motifs is 1. The van der Waals surface area contributed by atoms with Gasteiger partial charge in [-0.1, -0.05) is 18.2 Å². The molecular weight excluding hydrogens is 210 g/mol. The molecule has 0 aliphatic carbocycles. The van der Waals surface area contributed by atoms with Gasteiger partial charge in [0, 0.05) is 23.2 Å². The first-order chi connectivity index (χ1) is 7.31. The van der Waals surface area contributed by atoms with Crippen molar-refractivity contribution in [3.63, 3.8) is 0 Å². The van der Waals surface area contributed by atoms with E-state index in [1.807, 2.05) is 30.3 Å². The van der Waals surface area contributed by atoms with E-state index in [-0.39, 0.29) is 5.78 Å². The van der Waals surface area contributed by atoms with E-state index >= 15 is 0 Å². The van der Waals surface area contributed by atoms with Crippen LogP contribution in [0.3, 0.4) is 0 Å². The van der Waals surface area contributed by atoms with Crippen molar-refractivity contribution >= 4 is 28.3 Å². The number of aromatic nitrogens is 1. The topological polar surface area (TPSA) is 32.9 Å². The van der Waals surface area contributed by atoms with E-state index in [0.717, 1.165) is 17.3 Å². The third-order valence-electron chi connectivity index (χ3n) is 2.37. The van der Waals surface area contributed by atoms with E-state index in [4.69, 9.17) is 11.6 Å². The lowest BCUT2D eigenvalue weighted by atomic mass is 10.2. The Balaban J connectivity index is 2.25. The molecule has 0 aliphatic rings. The van der Waals surface area contributed by atoms with Crippen molar-refractivity contribution in [2.75, 3.05) is 5.88 Å². The van der Waals surface area contributed by atoms with Crippen molar-refractivity contribution in [3.05, 3.63) is 36.0 Å². The fraction of sp³-hybridized carbons (Fsp3) is 0.250. The number of aromatic amines is 1. The summed E-state index contributed by atoms with van der Waals surface area (Å²) in [6, 6.07) is 9.76. The molecule has 0 radical (unpaired) electrons. The van der Waals surface area contributed by atoms with Crippen LogP contribution in [0.2, 0.25) is 0 Å². The van der Waals surface area contributed by atoms with Crippen LogP contribution in [0, 0.1) is 0 Å². The molecule has 0 saturated carbocycles. The molecule has 3 heteroatoms. The normalized spacial score (nSPS) is 10.7. The number of H-pyrrole nitrogens is 1. The van der Waals surface area contributed by atoms with Crippen LogP contribution in [-0.4, -0.2) is 16.6 Å². The number of Topliss-reactive ketones (excluding diaryl/α,β-unsaturated/α-hetero) is 1. The lowest BCUT2D eigenvalue weighted by Crippen LogP contribution is -1.99. The highest BCUT2D eigenvalue weighted by molar-refractivity contribution is 6.18. The molecule has 1 N–H and O–H groups in total. The van der Waals surface area contributed by atoms with Crippen molar-refractivity contribution in [1.29, 1.82) is 0 Å². The van der Waals surface area contributed by atoms with Crippen molar-refractivity contribution in [3.8, 4) is 0 Å². The predicted molar refractivity (Wildman–Crippen MR) is 62.6 cm³/mol. The maximum absolute atomic E-state index is 11.7. The molecule has 2 rings (SSSR count). The molecule has 0 unspecified atom stereocenters. The Morgan fingerprint density at radius 3 is 2.87 bits per heavy atom. The first kappa shape index (κ1) is 10.2. The van der Waals surface area contributed by atoms with E-state index < -0.39 is 0 Å². The second kappa shape index (κ2) is 4.49. The number of rotatable bonds is 4. The number of hydrogen-bond donors (Lipinski definition) is 1. The Morgan fingerprint density at radius 2 is 2.13 bits per heavy atom. The highest BCUT2D eigenvalue weighted by Gasteiger charge is 2.08. The summed E-state index contributed by atoms with van der Waals surface area (Å²) < 4.78 is 0. The summed E-state index contributed by atoms with van der Waals surface area (Å²) in [4.78, 5) is 14.8. The van der Waals surface area contributed by atoms with Gasteiger partial charge >= 0.3 is 0 Å². The number of para-hydroxylation sites is 1. The van der Waals surface area contributed by atoms with Gasteiger partial charge in [0.15, 0.2) is 5.78 Å². The molecule has 78 valence electrons. The largest absolute Gasteiger partial charge is 0.352 e. The molecule has 0 amide bonds. The van der Waals surface area contributed by atoms with Gasteiger partial charge in [-0.2, -0.15) is 0 Å². The van der Waals surface area contributed by atoms with Crippen molar-refractivity contribution in [2.24, 2.45) is 0 Å². The van der Waals surface area contributed by atoms with E-state index in [9.17, 15) is 4.79 Å². The van der Waals surface area contributed by atoms with E-state index in [0.29, 0.717) is 18.0 Å². The van der Waals surface area contributed by atoms with Crippen molar-refractivity contribution in [1.82, 2.24) is 4.98 Å². The maximum Gasteiger partial charge on any atom is 0.179 e. The third kappa shape index (κ3) is 2.21. The number of carbonyl (C=O) groups is 1. The molecule has 1 aromatic heterocycles. The molecular formula is C12H12ClNO. The summed E-state index contributed by atoms with van der Waals surface area (Å²) in [5.41, 5.74) is 1.69. The van der Waals surface area contributed by atoms with E-state index in [2.05, 4.69) is 4.98 Å². The van der Waals surface area contributed by atoms with Crippen LogP contribution in [0.4, 0.5) is 0 Å². The molecule has 0 atom stereocenters. The lowest BCUT2D eigenvalue weighted by molar-refractivity contribution is 0.0978. The predicted octanol–water partition coefficient (Wildman–Crippen LogP) is 3.37. The molecule has 2 aromatic rings. The van der Waals surface area contributed by atoms with E-state index in [1.54, 1.807) is 0 Å². The van der Waals surface area contributed by atoms with Gasteiger partial charge in [0.25, 0.3) is 0 Å². The van der Waals surface area contributed by atoms with Crippen LogP contribution in [0.1, 0.15) is 23.3 Å². The fourth-order valence-electron chi connectivity index (χ4n) is 1.59. The summed E-state index contributed by atoms with van der Waals surface area (Å²) in [7, 11) is 0. The quantitative estimate of drug-likeness (QED) is 0.623. The average Bonchev–Trinajstić information content (AvgIpc) is 2.69. The molecule has 0 spiro atoms. The Hall–Kier alpha value is -1.28. The molecule has 1 heterocycles.